The van der Waals surface area contributed by atoms with Gasteiger partial charge in [0, 0.05) is 15.6 Å². The Labute approximate surface area is 178 Å². The SMILES string of the molecule is Cc1cccc(NC2=C(c3cccs3)C(=O)N(c3cccc(Cl)c3C)C2=O)c1C. The van der Waals surface area contributed by atoms with Gasteiger partial charge in [0.2, 0.25) is 0 Å². The predicted octanol–water partition coefficient (Wildman–Crippen LogP) is 5.72. The summed E-state index contributed by atoms with van der Waals surface area (Å²) < 4.78 is 0. The van der Waals surface area contributed by atoms with Gasteiger partial charge < -0.3 is 5.32 Å². The van der Waals surface area contributed by atoms with Gasteiger partial charge in [0.05, 0.1) is 11.3 Å². The number of imide groups is 1. The predicted molar refractivity (Wildman–Crippen MR) is 119 cm³/mol. The molecule has 1 aliphatic heterocycles. The number of halogens is 1. The molecule has 0 unspecified atom stereocenters. The number of nitrogens with zero attached hydrogens (tertiary/aromatic N) is 1. The number of nitrogens with one attached hydrogen (secondary N) is 1. The molecule has 4 rings (SSSR count). The second-order valence-electron chi connectivity index (χ2n) is 6.93. The number of anilines is 2. The maximum atomic E-state index is 13.4. The van der Waals surface area contributed by atoms with Gasteiger partial charge in [0.25, 0.3) is 11.8 Å². The first kappa shape index (κ1) is 19.4. The highest BCUT2D eigenvalue weighted by atomic mass is 35.5. The number of amides is 2. The summed E-state index contributed by atoms with van der Waals surface area (Å²) in [6.07, 6.45) is 0. The quantitative estimate of drug-likeness (QED) is 0.547. The smallest absolute Gasteiger partial charge is 0.282 e. The van der Waals surface area contributed by atoms with Crippen molar-refractivity contribution in [2.24, 2.45) is 0 Å². The van der Waals surface area contributed by atoms with Crippen molar-refractivity contribution < 1.29 is 9.59 Å². The molecule has 0 spiro atoms. The molecule has 4 nitrogen and oxygen atoms in total. The summed E-state index contributed by atoms with van der Waals surface area (Å²) >= 11 is 7.68. The van der Waals surface area contributed by atoms with E-state index < -0.39 is 0 Å². The van der Waals surface area contributed by atoms with Gasteiger partial charge in [-0.2, -0.15) is 0 Å². The minimum atomic E-state index is -0.385. The van der Waals surface area contributed by atoms with Crippen molar-refractivity contribution in [3.05, 3.63) is 86.2 Å². The number of thiophene rings is 1. The average molecular weight is 423 g/mol. The van der Waals surface area contributed by atoms with E-state index in [1.54, 1.807) is 25.1 Å². The number of carbonyl (C=O) groups is 2. The molecule has 2 heterocycles. The third-order valence-corrected chi connectivity index (χ3v) is 6.49. The van der Waals surface area contributed by atoms with Crippen molar-refractivity contribution in [1.29, 1.82) is 0 Å². The second kappa shape index (κ2) is 7.50. The Hall–Kier alpha value is -2.89. The normalized spacial score (nSPS) is 14.1. The third-order valence-electron chi connectivity index (χ3n) is 5.20. The largest absolute Gasteiger partial charge is 0.350 e. The zero-order chi connectivity index (χ0) is 20.7. The van der Waals surface area contributed by atoms with Crippen molar-refractivity contribution in [2.75, 3.05) is 10.2 Å². The van der Waals surface area contributed by atoms with E-state index in [9.17, 15) is 9.59 Å². The summed E-state index contributed by atoms with van der Waals surface area (Å²) in [5, 5.41) is 5.65. The van der Waals surface area contributed by atoms with Crippen LogP contribution in [0.1, 0.15) is 21.6 Å². The van der Waals surface area contributed by atoms with E-state index in [1.165, 1.54) is 16.2 Å². The van der Waals surface area contributed by atoms with Gasteiger partial charge in [0.15, 0.2) is 0 Å². The van der Waals surface area contributed by atoms with Crippen LogP contribution in [-0.4, -0.2) is 11.8 Å². The molecule has 3 aromatic rings. The summed E-state index contributed by atoms with van der Waals surface area (Å²) in [4.78, 5) is 28.8. The molecule has 2 amide bonds. The van der Waals surface area contributed by atoms with Crippen LogP contribution in [0.25, 0.3) is 5.57 Å². The zero-order valence-electron chi connectivity index (χ0n) is 16.2. The van der Waals surface area contributed by atoms with E-state index in [-0.39, 0.29) is 17.5 Å². The molecule has 6 heteroatoms. The number of hydrogen-bond donors (Lipinski definition) is 1. The van der Waals surface area contributed by atoms with Gasteiger partial charge in [-0.05, 0) is 67.1 Å². The topological polar surface area (TPSA) is 49.4 Å². The molecule has 0 saturated carbocycles. The van der Waals surface area contributed by atoms with Crippen LogP contribution in [0.4, 0.5) is 11.4 Å². The minimum absolute atomic E-state index is 0.283. The number of carbonyl (C=O) groups excluding carboxylic acids is 2. The van der Waals surface area contributed by atoms with Gasteiger partial charge in [0.1, 0.15) is 5.70 Å². The fraction of sp³-hybridized carbons (Fsp3) is 0.130. The molecule has 146 valence electrons. The summed E-state index contributed by atoms with van der Waals surface area (Å²) in [5.74, 6) is -0.736. The van der Waals surface area contributed by atoms with Gasteiger partial charge in [-0.3, -0.25) is 9.59 Å². The molecule has 0 radical (unpaired) electrons. The van der Waals surface area contributed by atoms with Crippen LogP contribution in [0, 0.1) is 20.8 Å². The maximum absolute atomic E-state index is 13.4. The molecular weight excluding hydrogens is 404 g/mol. The monoisotopic (exact) mass is 422 g/mol. The molecular formula is C23H19ClN2O2S. The van der Waals surface area contributed by atoms with Crippen molar-refractivity contribution in [3.8, 4) is 0 Å². The van der Waals surface area contributed by atoms with Gasteiger partial charge in [-0.25, -0.2) is 4.90 Å². The van der Waals surface area contributed by atoms with Crippen LogP contribution in [0.15, 0.2) is 59.6 Å². The average Bonchev–Trinajstić information content (AvgIpc) is 3.29. The Balaban J connectivity index is 1.85. The molecule has 0 bridgehead atoms. The standard InChI is InChI=1S/C23H19ClN2O2S/c1-13-7-4-9-17(14(13)2)25-21-20(19-11-6-12-29-19)22(27)26(23(21)28)18-10-5-8-16(24)15(18)3/h4-12,25H,1-3H3. The van der Waals surface area contributed by atoms with Crippen LogP contribution in [0.5, 0.6) is 0 Å². The summed E-state index contributed by atoms with van der Waals surface area (Å²) in [7, 11) is 0. The van der Waals surface area contributed by atoms with Crippen molar-refractivity contribution in [1.82, 2.24) is 0 Å². The van der Waals surface area contributed by atoms with E-state index in [1.807, 2.05) is 49.6 Å². The Morgan fingerprint density at radius 2 is 1.66 bits per heavy atom. The van der Waals surface area contributed by atoms with Crippen LogP contribution in [0.3, 0.4) is 0 Å². The van der Waals surface area contributed by atoms with E-state index in [0.717, 1.165) is 21.7 Å². The van der Waals surface area contributed by atoms with Crippen molar-refractivity contribution in [3.63, 3.8) is 0 Å². The first-order valence-electron chi connectivity index (χ1n) is 9.15. The third kappa shape index (κ3) is 3.26. The number of benzene rings is 2. The Morgan fingerprint density at radius 3 is 2.38 bits per heavy atom. The summed E-state index contributed by atoms with van der Waals surface area (Å²) in [5.41, 5.74) is 4.79. The molecule has 0 saturated heterocycles. The first-order valence-corrected chi connectivity index (χ1v) is 10.4. The highest BCUT2D eigenvalue weighted by molar-refractivity contribution is 7.11. The van der Waals surface area contributed by atoms with Crippen LogP contribution in [0.2, 0.25) is 5.02 Å². The molecule has 1 aromatic heterocycles. The van der Waals surface area contributed by atoms with E-state index in [4.69, 9.17) is 11.6 Å². The van der Waals surface area contributed by atoms with E-state index in [0.29, 0.717) is 21.8 Å². The van der Waals surface area contributed by atoms with Crippen LogP contribution < -0.4 is 10.2 Å². The lowest BCUT2D eigenvalue weighted by atomic mass is 10.1. The lowest BCUT2D eigenvalue weighted by molar-refractivity contribution is -0.120. The van der Waals surface area contributed by atoms with Crippen molar-refractivity contribution in [2.45, 2.75) is 20.8 Å². The number of hydrogen-bond acceptors (Lipinski definition) is 4. The van der Waals surface area contributed by atoms with E-state index in [2.05, 4.69) is 5.32 Å². The Kier molecular flexibility index (Phi) is 5.03. The fourth-order valence-electron chi connectivity index (χ4n) is 3.37. The lowest BCUT2D eigenvalue weighted by Gasteiger charge is -2.18. The summed E-state index contributed by atoms with van der Waals surface area (Å²) in [6, 6.07) is 14.8. The first-order chi connectivity index (χ1) is 13.9. The second-order valence-corrected chi connectivity index (χ2v) is 8.28. The molecule has 1 aliphatic rings. The molecule has 1 N–H and O–H groups in total. The van der Waals surface area contributed by atoms with Gasteiger partial charge in [-0.15, -0.1) is 11.3 Å². The Morgan fingerprint density at radius 1 is 0.897 bits per heavy atom. The number of aryl methyl sites for hydroxylation is 1. The highest BCUT2D eigenvalue weighted by Crippen LogP contribution is 2.38. The van der Waals surface area contributed by atoms with Crippen LogP contribution >= 0.6 is 22.9 Å². The number of rotatable bonds is 4. The summed E-state index contributed by atoms with van der Waals surface area (Å²) in [6.45, 7) is 5.81. The van der Waals surface area contributed by atoms with Gasteiger partial charge in [-0.1, -0.05) is 35.9 Å². The molecule has 29 heavy (non-hydrogen) atoms. The van der Waals surface area contributed by atoms with Crippen molar-refractivity contribution >= 4 is 51.7 Å². The van der Waals surface area contributed by atoms with E-state index >= 15 is 0 Å². The van der Waals surface area contributed by atoms with Crippen LogP contribution in [-0.2, 0) is 9.59 Å². The lowest BCUT2D eigenvalue weighted by Crippen LogP contribution is -2.33. The molecule has 0 atom stereocenters. The zero-order valence-corrected chi connectivity index (χ0v) is 17.8. The van der Waals surface area contributed by atoms with Gasteiger partial charge >= 0.3 is 0 Å². The fourth-order valence-corrected chi connectivity index (χ4v) is 4.31. The highest BCUT2D eigenvalue weighted by Gasteiger charge is 2.41. The molecule has 0 aliphatic carbocycles. The Bertz CT molecular complexity index is 1170. The molecule has 0 fully saturated rings. The minimum Gasteiger partial charge on any atom is -0.350 e. The maximum Gasteiger partial charge on any atom is 0.282 e. The molecule has 2 aromatic carbocycles.